The minimum absolute atomic E-state index is 0.844. The van der Waals surface area contributed by atoms with Crippen LogP contribution < -0.4 is 10.2 Å². The average molecular weight is 248 g/mol. The van der Waals surface area contributed by atoms with Crippen LogP contribution in [-0.2, 0) is 0 Å². The van der Waals surface area contributed by atoms with Gasteiger partial charge in [0.1, 0.15) is 18.0 Å². The van der Waals surface area contributed by atoms with Crippen molar-refractivity contribution in [1.29, 1.82) is 0 Å². The number of hydrogen-bond acceptors (Lipinski definition) is 4. The lowest BCUT2D eigenvalue weighted by atomic mass is 10.2. The van der Waals surface area contributed by atoms with Crippen molar-refractivity contribution in [3.05, 3.63) is 11.9 Å². The molecule has 18 heavy (non-hydrogen) atoms. The maximum Gasteiger partial charge on any atom is 0.136 e. The highest BCUT2D eigenvalue weighted by atomic mass is 15.2. The molecule has 1 saturated carbocycles. The predicted molar refractivity (Wildman–Crippen MR) is 76.1 cm³/mol. The van der Waals surface area contributed by atoms with Crippen LogP contribution in [0, 0.1) is 18.8 Å². The molecule has 1 aliphatic rings. The Kier molecular flexibility index (Phi) is 4.04. The van der Waals surface area contributed by atoms with Crippen LogP contribution in [-0.4, -0.2) is 30.1 Å². The normalized spacial score (nSPS) is 21.8. The summed E-state index contributed by atoms with van der Waals surface area (Å²) in [6.07, 6.45) is 4.12. The second kappa shape index (κ2) is 5.55. The molecule has 1 N–H and O–H groups in total. The highest BCUT2D eigenvalue weighted by Crippen LogP contribution is 2.38. The second-order valence-electron chi connectivity index (χ2n) is 5.45. The van der Waals surface area contributed by atoms with Gasteiger partial charge in [0.2, 0.25) is 0 Å². The van der Waals surface area contributed by atoms with Crippen molar-refractivity contribution in [3.63, 3.8) is 0 Å². The highest BCUT2D eigenvalue weighted by Gasteiger charge is 2.33. The van der Waals surface area contributed by atoms with Crippen LogP contribution in [0.3, 0.4) is 0 Å². The number of rotatable bonds is 6. The zero-order valence-electron chi connectivity index (χ0n) is 11.9. The van der Waals surface area contributed by atoms with Crippen molar-refractivity contribution in [3.8, 4) is 0 Å². The quantitative estimate of drug-likeness (QED) is 0.840. The molecule has 0 spiro atoms. The summed E-state index contributed by atoms with van der Waals surface area (Å²) >= 11 is 0. The molecule has 0 bridgehead atoms. The van der Waals surface area contributed by atoms with E-state index in [9.17, 15) is 0 Å². The summed E-state index contributed by atoms with van der Waals surface area (Å²) in [5, 5.41) is 3.36. The zero-order valence-corrected chi connectivity index (χ0v) is 11.9. The van der Waals surface area contributed by atoms with Gasteiger partial charge in [0, 0.05) is 25.7 Å². The molecule has 2 rings (SSSR count). The summed E-state index contributed by atoms with van der Waals surface area (Å²) in [5.74, 6) is 3.75. The molecule has 0 saturated heterocycles. The molecule has 100 valence electrons. The maximum absolute atomic E-state index is 4.43. The highest BCUT2D eigenvalue weighted by molar-refractivity contribution is 5.57. The van der Waals surface area contributed by atoms with Crippen molar-refractivity contribution in [2.45, 2.75) is 33.6 Å². The van der Waals surface area contributed by atoms with E-state index < -0.39 is 0 Å². The Labute approximate surface area is 110 Å². The van der Waals surface area contributed by atoms with Crippen LogP contribution in [0.4, 0.5) is 11.6 Å². The van der Waals surface area contributed by atoms with E-state index in [-0.39, 0.29) is 0 Å². The molecule has 2 unspecified atom stereocenters. The van der Waals surface area contributed by atoms with Gasteiger partial charge in [-0.3, -0.25) is 0 Å². The lowest BCUT2D eigenvalue weighted by Crippen LogP contribution is -2.23. The SMILES string of the molecule is CCCNc1ncnc(N(C)CC2CC2C)c1C. The lowest BCUT2D eigenvalue weighted by molar-refractivity contribution is 0.717. The Balaban J connectivity index is 2.06. The Morgan fingerprint density at radius 3 is 2.78 bits per heavy atom. The van der Waals surface area contributed by atoms with Crippen LogP contribution in [0.2, 0.25) is 0 Å². The lowest BCUT2D eigenvalue weighted by Gasteiger charge is -2.21. The Morgan fingerprint density at radius 2 is 2.17 bits per heavy atom. The minimum Gasteiger partial charge on any atom is -0.370 e. The van der Waals surface area contributed by atoms with Crippen LogP contribution in [0.25, 0.3) is 0 Å². The second-order valence-corrected chi connectivity index (χ2v) is 5.45. The molecule has 1 aromatic rings. The topological polar surface area (TPSA) is 41.1 Å². The third kappa shape index (κ3) is 2.92. The minimum atomic E-state index is 0.844. The average Bonchev–Trinajstić information content (AvgIpc) is 3.03. The van der Waals surface area contributed by atoms with E-state index in [0.717, 1.165) is 48.5 Å². The van der Waals surface area contributed by atoms with Gasteiger partial charge in [-0.15, -0.1) is 0 Å². The van der Waals surface area contributed by atoms with Crippen LogP contribution in [0.5, 0.6) is 0 Å². The molecular weight excluding hydrogens is 224 g/mol. The largest absolute Gasteiger partial charge is 0.370 e. The van der Waals surface area contributed by atoms with E-state index in [1.807, 2.05) is 0 Å². The molecule has 2 atom stereocenters. The van der Waals surface area contributed by atoms with Gasteiger partial charge in [-0.25, -0.2) is 9.97 Å². The van der Waals surface area contributed by atoms with Crippen molar-refractivity contribution in [1.82, 2.24) is 9.97 Å². The molecule has 0 radical (unpaired) electrons. The molecule has 0 amide bonds. The summed E-state index contributed by atoms with van der Waals surface area (Å²) in [5.41, 5.74) is 1.15. The number of nitrogens with zero attached hydrogens (tertiary/aromatic N) is 3. The fraction of sp³-hybridized carbons (Fsp3) is 0.714. The van der Waals surface area contributed by atoms with Crippen LogP contribution in [0.1, 0.15) is 32.3 Å². The summed E-state index contributed by atoms with van der Waals surface area (Å²) in [7, 11) is 2.13. The molecule has 1 aliphatic carbocycles. The molecule has 4 nitrogen and oxygen atoms in total. The first kappa shape index (κ1) is 13.1. The van der Waals surface area contributed by atoms with Gasteiger partial charge in [0.25, 0.3) is 0 Å². The first-order chi connectivity index (χ1) is 8.63. The van der Waals surface area contributed by atoms with E-state index in [4.69, 9.17) is 0 Å². The molecule has 1 aromatic heterocycles. The van der Waals surface area contributed by atoms with Crippen molar-refractivity contribution in [2.75, 3.05) is 30.4 Å². The zero-order chi connectivity index (χ0) is 13.1. The van der Waals surface area contributed by atoms with Gasteiger partial charge >= 0.3 is 0 Å². The number of hydrogen-bond donors (Lipinski definition) is 1. The van der Waals surface area contributed by atoms with E-state index >= 15 is 0 Å². The van der Waals surface area contributed by atoms with E-state index in [0.29, 0.717) is 0 Å². The molecule has 4 heteroatoms. The van der Waals surface area contributed by atoms with Crippen molar-refractivity contribution in [2.24, 2.45) is 11.8 Å². The molecule has 0 aliphatic heterocycles. The Bertz CT molecular complexity index is 405. The summed E-state index contributed by atoms with van der Waals surface area (Å²) < 4.78 is 0. The summed E-state index contributed by atoms with van der Waals surface area (Å²) in [6.45, 7) is 8.64. The number of nitrogens with one attached hydrogen (secondary N) is 1. The predicted octanol–water partition coefficient (Wildman–Crippen LogP) is 2.70. The number of anilines is 2. The fourth-order valence-corrected chi connectivity index (χ4v) is 2.34. The third-order valence-corrected chi connectivity index (χ3v) is 3.75. The Morgan fingerprint density at radius 1 is 1.44 bits per heavy atom. The summed E-state index contributed by atoms with van der Waals surface area (Å²) in [6, 6.07) is 0. The smallest absolute Gasteiger partial charge is 0.136 e. The van der Waals surface area contributed by atoms with Crippen molar-refractivity contribution >= 4 is 11.6 Å². The monoisotopic (exact) mass is 248 g/mol. The molecule has 0 aromatic carbocycles. The molecule has 1 fully saturated rings. The van der Waals surface area contributed by atoms with Crippen LogP contribution >= 0.6 is 0 Å². The van der Waals surface area contributed by atoms with Crippen LogP contribution in [0.15, 0.2) is 6.33 Å². The summed E-state index contributed by atoms with van der Waals surface area (Å²) in [4.78, 5) is 11.0. The van der Waals surface area contributed by atoms with Gasteiger partial charge in [0.15, 0.2) is 0 Å². The van der Waals surface area contributed by atoms with Gasteiger partial charge in [-0.1, -0.05) is 13.8 Å². The Hall–Kier alpha value is -1.32. The molecular formula is C14H24N4. The first-order valence-electron chi connectivity index (χ1n) is 6.90. The number of aromatic nitrogens is 2. The first-order valence-corrected chi connectivity index (χ1v) is 6.90. The van der Waals surface area contributed by atoms with E-state index in [2.05, 4.69) is 48.0 Å². The van der Waals surface area contributed by atoms with Crippen molar-refractivity contribution < 1.29 is 0 Å². The standard InChI is InChI=1S/C14H24N4/c1-5-6-15-13-11(3)14(17-9-16-13)18(4)8-12-7-10(12)2/h9-10,12H,5-8H2,1-4H3,(H,15,16,17). The fourth-order valence-electron chi connectivity index (χ4n) is 2.34. The van der Waals surface area contributed by atoms with Gasteiger partial charge in [-0.05, 0) is 31.6 Å². The van der Waals surface area contributed by atoms with Gasteiger partial charge in [0.05, 0.1) is 0 Å². The van der Waals surface area contributed by atoms with E-state index in [1.54, 1.807) is 6.33 Å². The van der Waals surface area contributed by atoms with Gasteiger partial charge < -0.3 is 10.2 Å². The third-order valence-electron chi connectivity index (χ3n) is 3.75. The van der Waals surface area contributed by atoms with E-state index in [1.165, 1.54) is 6.42 Å². The molecule has 1 heterocycles. The maximum atomic E-state index is 4.43. The van der Waals surface area contributed by atoms with Gasteiger partial charge in [-0.2, -0.15) is 0 Å².